The number of aryl methyl sites for hydroxylation is 1. The van der Waals surface area contributed by atoms with Crippen molar-refractivity contribution in [1.82, 2.24) is 24.6 Å². The van der Waals surface area contributed by atoms with E-state index in [9.17, 15) is 9.59 Å². The zero-order chi connectivity index (χ0) is 16.2. The van der Waals surface area contributed by atoms with E-state index in [-0.39, 0.29) is 11.6 Å². The Kier molecular flexibility index (Phi) is 5.15. The lowest BCUT2D eigenvalue weighted by atomic mass is 9.99. The van der Waals surface area contributed by atoms with Crippen molar-refractivity contribution in [3.05, 3.63) is 16.3 Å². The number of hydrogen-bond acceptors (Lipinski definition) is 4. The highest BCUT2D eigenvalue weighted by Crippen LogP contribution is 2.20. The molecule has 0 bridgehead atoms. The molecular weight excluding hydrogens is 294 g/mol. The highest BCUT2D eigenvalue weighted by atomic mass is 16.2. The molecule has 128 valence electrons. The van der Waals surface area contributed by atoms with Crippen LogP contribution in [-0.4, -0.2) is 51.3 Å². The Balaban J connectivity index is 1.70. The van der Waals surface area contributed by atoms with E-state index in [0.717, 1.165) is 57.7 Å². The van der Waals surface area contributed by atoms with Crippen molar-refractivity contribution in [2.75, 3.05) is 26.2 Å². The number of nitrogens with one attached hydrogen (secondary N) is 1. The largest absolute Gasteiger partial charge is 0.345 e. The minimum absolute atomic E-state index is 0.0812. The van der Waals surface area contributed by atoms with Gasteiger partial charge in [0.15, 0.2) is 0 Å². The molecule has 7 heteroatoms. The van der Waals surface area contributed by atoms with Crippen molar-refractivity contribution in [1.29, 1.82) is 0 Å². The van der Waals surface area contributed by atoms with Gasteiger partial charge in [0, 0.05) is 38.5 Å². The topological polar surface area (TPSA) is 72.2 Å². The average Bonchev–Trinajstić information content (AvgIpc) is 3.22. The van der Waals surface area contributed by atoms with Gasteiger partial charge in [-0.2, -0.15) is 5.10 Å². The number of amides is 1. The first-order valence-corrected chi connectivity index (χ1v) is 8.86. The van der Waals surface area contributed by atoms with Crippen LogP contribution in [-0.2, 0) is 17.9 Å². The van der Waals surface area contributed by atoms with Crippen LogP contribution in [0, 0.1) is 0 Å². The van der Waals surface area contributed by atoms with Crippen LogP contribution in [0.4, 0.5) is 0 Å². The molecule has 0 spiro atoms. The van der Waals surface area contributed by atoms with Gasteiger partial charge < -0.3 is 10.2 Å². The van der Waals surface area contributed by atoms with Crippen molar-refractivity contribution >= 4 is 5.91 Å². The highest BCUT2D eigenvalue weighted by molar-refractivity contribution is 5.76. The van der Waals surface area contributed by atoms with Crippen LogP contribution in [0.25, 0.3) is 0 Å². The van der Waals surface area contributed by atoms with Crippen molar-refractivity contribution in [2.45, 2.75) is 58.0 Å². The first kappa shape index (κ1) is 16.2. The molecule has 2 aliphatic rings. The summed E-state index contributed by atoms with van der Waals surface area (Å²) in [7, 11) is 0. The van der Waals surface area contributed by atoms with Crippen LogP contribution in [0.2, 0.25) is 0 Å². The molecule has 0 saturated carbocycles. The fraction of sp³-hybridized carbons (Fsp3) is 0.812. The molecular formula is C16H27N5O2. The predicted octanol–water partition coefficient (Wildman–Crippen LogP) is 0.544. The molecule has 2 aliphatic heterocycles. The minimum Gasteiger partial charge on any atom is -0.343 e. The summed E-state index contributed by atoms with van der Waals surface area (Å²) < 4.78 is 3.25. The Bertz CT molecular complexity index is 594. The first-order chi connectivity index (χ1) is 11.2. The molecule has 1 aromatic heterocycles. The first-order valence-electron chi connectivity index (χ1n) is 8.86. The Hall–Kier alpha value is -1.63. The normalized spacial score (nSPS) is 21.8. The highest BCUT2D eigenvalue weighted by Gasteiger charge is 2.24. The smallest absolute Gasteiger partial charge is 0.343 e. The molecule has 1 aromatic rings. The maximum atomic E-state index is 12.5. The van der Waals surface area contributed by atoms with Gasteiger partial charge in [-0.05, 0) is 39.2 Å². The molecule has 1 amide bonds. The summed E-state index contributed by atoms with van der Waals surface area (Å²) in [5.41, 5.74) is -0.0812. The fourth-order valence-electron chi connectivity index (χ4n) is 3.60. The van der Waals surface area contributed by atoms with Crippen LogP contribution in [0.1, 0.15) is 50.8 Å². The second kappa shape index (κ2) is 7.29. The van der Waals surface area contributed by atoms with E-state index in [0.29, 0.717) is 25.4 Å². The van der Waals surface area contributed by atoms with Gasteiger partial charge in [0.25, 0.3) is 0 Å². The maximum Gasteiger partial charge on any atom is 0.345 e. The molecule has 0 unspecified atom stereocenters. The molecule has 0 aromatic carbocycles. The number of carbonyl (C=O) groups excluding carboxylic acids is 1. The lowest BCUT2D eigenvalue weighted by Crippen LogP contribution is -2.32. The summed E-state index contributed by atoms with van der Waals surface area (Å²) in [4.78, 5) is 26.6. The van der Waals surface area contributed by atoms with Gasteiger partial charge >= 0.3 is 5.69 Å². The van der Waals surface area contributed by atoms with E-state index in [1.54, 1.807) is 4.57 Å². The molecule has 1 atom stereocenters. The van der Waals surface area contributed by atoms with Gasteiger partial charge in [-0.25, -0.2) is 9.48 Å². The maximum absolute atomic E-state index is 12.5. The number of hydrogen-bond donors (Lipinski definition) is 1. The third-order valence-corrected chi connectivity index (χ3v) is 4.93. The van der Waals surface area contributed by atoms with Crippen molar-refractivity contribution in [2.24, 2.45) is 0 Å². The average molecular weight is 321 g/mol. The summed E-state index contributed by atoms with van der Waals surface area (Å²) in [5, 5.41) is 7.93. The molecule has 2 saturated heterocycles. The Labute approximate surface area is 136 Å². The van der Waals surface area contributed by atoms with E-state index in [4.69, 9.17) is 0 Å². The van der Waals surface area contributed by atoms with Gasteiger partial charge in [0.1, 0.15) is 5.82 Å². The van der Waals surface area contributed by atoms with Crippen molar-refractivity contribution in [3.8, 4) is 0 Å². The Morgan fingerprint density at radius 3 is 2.74 bits per heavy atom. The summed E-state index contributed by atoms with van der Waals surface area (Å²) in [6.07, 6.45) is 4.73. The number of carbonyl (C=O) groups is 1. The monoisotopic (exact) mass is 321 g/mol. The fourth-order valence-corrected chi connectivity index (χ4v) is 3.60. The van der Waals surface area contributed by atoms with E-state index < -0.39 is 0 Å². The molecule has 0 radical (unpaired) electrons. The van der Waals surface area contributed by atoms with E-state index >= 15 is 0 Å². The Morgan fingerprint density at radius 2 is 2.09 bits per heavy atom. The second-order valence-electron chi connectivity index (χ2n) is 6.49. The molecule has 3 heterocycles. The molecule has 1 N–H and O–H groups in total. The van der Waals surface area contributed by atoms with Crippen molar-refractivity contribution in [3.63, 3.8) is 0 Å². The number of aromatic nitrogens is 3. The molecule has 3 rings (SSSR count). The van der Waals surface area contributed by atoms with Gasteiger partial charge in [0.05, 0.1) is 6.54 Å². The van der Waals surface area contributed by atoms with Crippen LogP contribution < -0.4 is 11.0 Å². The number of piperidine rings is 1. The predicted molar refractivity (Wildman–Crippen MR) is 87.4 cm³/mol. The zero-order valence-corrected chi connectivity index (χ0v) is 14.0. The SMILES string of the molecule is CCn1c([C@H]2CCCNC2)nn(CCC(=O)N2CCCC2)c1=O. The third-order valence-electron chi connectivity index (χ3n) is 4.93. The quantitative estimate of drug-likeness (QED) is 0.859. The van der Waals surface area contributed by atoms with Crippen LogP contribution in [0.3, 0.4) is 0 Å². The molecule has 7 nitrogen and oxygen atoms in total. The summed E-state index contributed by atoms with van der Waals surface area (Å²) in [6, 6.07) is 0. The van der Waals surface area contributed by atoms with Crippen LogP contribution in [0.5, 0.6) is 0 Å². The Morgan fingerprint density at radius 1 is 1.30 bits per heavy atom. The lowest BCUT2D eigenvalue weighted by molar-refractivity contribution is -0.130. The standard InChI is InChI=1S/C16H27N5O2/c1-2-20-15(13-6-5-8-17-12-13)18-21(16(20)23)11-7-14(22)19-9-3-4-10-19/h13,17H,2-12H2,1H3/t13-/m0/s1. The second-order valence-corrected chi connectivity index (χ2v) is 6.49. The summed E-state index contributed by atoms with van der Waals surface area (Å²) >= 11 is 0. The van der Waals surface area contributed by atoms with Gasteiger partial charge in [-0.15, -0.1) is 0 Å². The van der Waals surface area contributed by atoms with E-state index in [1.165, 1.54) is 4.68 Å². The number of nitrogens with zero attached hydrogens (tertiary/aromatic N) is 4. The minimum atomic E-state index is -0.0812. The third kappa shape index (κ3) is 3.49. The van der Waals surface area contributed by atoms with Crippen molar-refractivity contribution < 1.29 is 4.79 Å². The van der Waals surface area contributed by atoms with Crippen LogP contribution in [0.15, 0.2) is 4.79 Å². The molecule has 23 heavy (non-hydrogen) atoms. The van der Waals surface area contributed by atoms with E-state index in [2.05, 4.69) is 10.4 Å². The van der Waals surface area contributed by atoms with Gasteiger partial charge in [0.2, 0.25) is 5.91 Å². The van der Waals surface area contributed by atoms with Gasteiger partial charge in [-0.3, -0.25) is 9.36 Å². The molecule has 2 fully saturated rings. The summed E-state index contributed by atoms with van der Waals surface area (Å²) in [6.45, 7) is 6.62. The number of likely N-dealkylation sites (tertiary alicyclic amines) is 1. The number of rotatable bonds is 5. The zero-order valence-electron chi connectivity index (χ0n) is 14.0. The van der Waals surface area contributed by atoms with Gasteiger partial charge in [-0.1, -0.05) is 0 Å². The molecule has 0 aliphatic carbocycles. The summed E-state index contributed by atoms with van der Waals surface area (Å²) in [5.74, 6) is 1.31. The lowest BCUT2D eigenvalue weighted by Gasteiger charge is -2.21. The van der Waals surface area contributed by atoms with E-state index in [1.807, 2.05) is 11.8 Å². The van der Waals surface area contributed by atoms with Crippen LogP contribution >= 0.6 is 0 Å².